The van der Waals surface area contributed by atoms with Crippen LogP contribution in [0.15, 0.2) is 29.6 Å². The first-order valence-electron chi connectivity index (χ1n) is 5.82. The van der Waals surface area contributed by atoms with Crippen LogP contribution in [0.25, 0.3) is 10.2 Å². The van der Waals surface area contributed by atoms with Gasteiger partial charge in [-0.1, -0.05) is 0 Å². The number of thiophene rings is 1. The van der Waals surface area contributed by atoms with Crippen LogP contribution in [0.3, 0.4) is 0 Å². The number of anilines is 3. The van der Waals surface area contributed by atoms with Crippen LogP contribution in [0, 0.1) is 9.39 Å². The molecule has 3 rings (SSSR count). The Kier molecular flexibility index (Phi) is 3.70. The minimum absolute atomic E-state index is 0.251. The molecule has 102 valence electrons. The molecule has 2 N–H and O–H groups in total. The maximum atomic E-state index is 13.1. The standard InChI is InChI=1S/C13H10FIN4S/c1-16-13-18-11(8-4-5-20-12(8)19-13)17-10-3-2-7(14)6-9(10)15/h2-6H,1H3,(H2,16,17,18,19). The molecule has 0 amide bonds. The van der Waals surface area contributed by atoms with E-state index in [0.29, 0.717) is 11.8 Å². The summed E-state index contributed by atoms with van der Waals surface area (Å²) in [6, 6.07) is 6.58. The average Bonchev–Trinajstić information content (AvgIpc) is 2.90. The Hall–Kier alpha value is -1.48. The second-order valence-electron chi connectivity index (χ2n) is 4.03. The van der Waals surface area contributed by atoms with Crippen LogP contribution in [-0.2, 0) is 0 Å². The number of nitrogens with one attached hydrogen (secondary N) is 2. The first kappa shape index (κ1) is 13.5. The van der Waals surface area contributed by atoms with Gasteiger partial charge in [-0.3, -0.25) is 0 Å². The van der Waals surface area contributed by atoms with E-state index in [2.05, 4.69) is 43.2 Å². The third-order valence-corrected chi connectivity index (χ3v) is 4.43. The summed E-state index contributed by atoms with van der Waals surface area (Å²) in [6.45, 7) is 0. The Morgan fingerprint density at radius 3 is 2.85 bits per heavy atom. The molecule has 0 saturated carbocycles. The highest BCUT2D eigenvalue weighted by atomic mass is 127. The molecule has 4 nitrogen and oxygen atoms in total. The SMILES string of the molecule is CNc1nc(Nc2ccc(F)cc2I)c2ccsc2n1. The first-order valence-corrected chi connectivity index (χ1v) is 7.78. The number of nitrogens with zero attached hydrogens (tertiary/aromatic N) is 2. The second-order valence-corrected chi connectivity index (χ2v) is 6.09. The van der Waals surface area contributed by atoms with Gasteiger partial charge in [0.2, 0.25) is 5.95 Å². The van der Waals surface area contributed by atoms with E-state index < -0.39 is 0 Å². The highest BCUT2D eigenvalue weighted by Crippen LogP contribution is 2.30. The maximum absolute atomic E-state index is 13.1. The molecule has 2 aromatic heterocycles. The van der Waals surface area contributed by atoms with Crippen molar-refractivity contribution in [2.75, 3.05) is 17.7 Å². The van der Waals surface area contributed by atoms with E-state index in [9.17, 15) is 4.39 Å². The van der Waals surface area contributed by atoms with Crippen LogP contribution < -0.4 is 10.6 Å². The number of aromatic nitrogens is 2. The average molecular weight is 400 g/mol. The molecule has 20 heavy (non-hydrogen) atoms. The Morgan fingerprint density at radius 2 is 2.10 bits per heavy atom. The fourth-order valence-electron chi connectivity index (χ4n) is 1.78. The van der Waals surface area contributed by atoms with Crippen LogP contribution in [0.4, 0.5) is 21.8 Å². The van der Waals surface area contributed by atoms with Gasteiger partial charge in [0, 0.05) is 10.6 Å². The van der Waals surface area contributed by atoms with Crippen LogP contribution in [-0.4, -0.2) is 17.0 Å². The van der Waals surface area contributed by atoms with E-state index in [1.165, 1.54) is 12.1 Å². The number of halogens is 2. The summed E-state index contributed by atoms with van der Waals surface area (Å²) in [5.74, 6) is 1.02. The molecule has 0 aliphatic carbocycles. The molecule has 0 aliphatic heterocycles. The first-order chi connectivity index (χ1) is 9.67. The fraction of sp³-hybridized carbons (Fsp3) is 0.0769. The van der Waals surface area contributed by atoms with E-state index >= 15 is 0 Å². The Balaban J connectivity index is 2.07. The molecular weight excluding hydrogens is 390 g/mol. The third kappa shape index (κ3) is 2.55. The van der Waals surface area contributed by atoms with E-state index in [1.54, 1.807) is 24.5 Å². The van der Waals surface area contributed by atoms with Gasteiger partial charge in [0.05, 0.1) is 11.1 Å². The topological polar surface area (TPSA) is 49.8 Å². The zero-order chi connectivity index (χ0) is 14.1. The molecule has 0 aliphatic rings. The van der Waals surface area contributed by atoms with Gasteiger partial charge in [-0.05, 0) is 52.2 Å². The van der Waals surface area contributed by atoms with Crippen molar-refractivity contribution < 1.29 is 4.39 Å². The largest absolute Gasteiger partial charge is 0.357 e. The Morgan fingerprint density at radius 1 is 1.25 bits per heavy atom. The summed E-state index contributed by atoms with van der Waals surface area (Å²) < 4.78 is 13.9. The van der Waals surface area contributed by atoms with Crippen molar-refractivity contribution in [2.45, 2.75) is 0 Å². The summed E-state index contributed by atoms with van der Waals surface area (Å²) in [4.78, 5) is 9.72. The minimum atomic E-state index is -0.251. The summed E-state index contributed by atoms with van der Waals surface area (Å²) >= 11 is 3.65. The lowest BCUT2D eigenvalue weighted by Gasteiger charge is -2.10. The smallest absolute Gasteiger partial charge is 0.225 e. The predicted octanol–water partition coefficient (Wildman–Crippen LogP) is 4.22. The third-order valence-electron chi connectivity index (χ3n) is 2.73. The van der Waals surface area contributed by atoms with Crippen LogP contribution in [0.2, 0.25) is 0 Å². The molecule has 2 heterocycles. The van der Waals surface area contributed by atoms with Crippen LogP contribution in [0.1, 0.15) is 0 Å². The van der Waals surface area contributed by atoms with Crippen LogP contribution >= 0.6 is 33.9 Å². The van der Waals surface area contributed by atoms with Crippen molar-refractivity contribution in [3.8, 4) is 0 Å². The van der Waals surface area contributed by atoms with E-state index in [0.717, 1.165) is 19.5 Å². The lowest BCUT2D eigenvalue weighted by molar-refractivity contribution is 0.627. The summed E-state index contributed by atoms with van der Waals surface area (Å²) in [7, 11) is 1.78. The molecule has 0 spiro atoms. The molecule has 0 atom stereocenters. The zero-order valence-corrected chi connectivity index (χ0v) is 13.4. The monoisotopic (exact) mass is 400 g/mol. The van der Waals surface area contributed by atoms with Gasteiger partial charge in [0.1, 0.15) is 16.5 Å². The van der Waals surface area contributed by atoms with Crippen molar-refractivity contribution in [3.05, 3.63) is 39.0 Å². The zero-order valence-electron chi connectivity index (χ0n) is 10.4. The Bertz CT molecular complexity index is 774. The van der Waals surface area contributed by atoms with Crippen LogP contribution in [0.5, 0.6) is 0 Å². The summed E-state index contributed by atoms with van der Waals surface area (Å²) in [5, 5.41) is 9.11. The van der Waals surface area contributed by atoms with E-state index in [1.807, 2.05) is 11.4 Å². The van der Waals surface area contributed by atoms with Crippen molar-refractivity contribution in [2.24, 2.45) is 0 Å². The second kappa shape index (κ2) is 5.49. The summed E-state index contributed by atoms with van der Waals surface area (Å²) in [5.41, 5.74) is 0.820. The number of rotatable bonds is 3. The van der Waals surface area contributed by atoms with Gasteiger partial charge in [-0.25, -0.2) is 9.37 Å². The highest BCUT2D eigenvalue weighted by molar-refractivity contribution is 14.1. The molecule has 3 aromatic rings. The molecule has 1 aromatic carbocycles. The Labute approximate surface area is 132 Å². The van der Waals surface area contributed by atoms with Crippen molar-refractivity contribution in [3.63, 3.8) is 0 Å². The van der Waals surface area contributed by atoms with Gasteiger partial charge >= 0.3 is 0 Å². The predicted molar refractivity (Wildman–Crippen MR) is 89.4 cm³/mol. The lowest BCUT2D eigenvalue weighted by Crippen LogP contribution is -2.01. The number of benzene rings is 1. The molecule has 0 fully saturated rings. The highest BCUT2D eigenvalue weighted by Gasteiger charge is 2.10. The van der Waals surface area contributed by atoms with Gasteiger partial charge in [-0.15, -0.1) is 11.3 Å². The van der Waals surface area contributed by atoms with Gasteiger partial charge < -0.3 is 10.6 Å². The molecular formula is C13H10FIN4S. The molecule has 0 bridgehead atoms. The summed E-state index contributed by atoms with van der Waals surface area (Å²) in [6.07, 6.45) is 0. The number of fused-ring (bicyclic) bond motifs is 1. The normalized spacial score (nSPS) is 10.8. The quantitative estimate of drug-likeness (QED) is 0.647. The molecule has 7 heteroatoms. The number of hydrogen-bond acceptors (Lipinski definition) is 5. The van der Waals surface area contributed by atoms with E-state index in [4.69, 9.17) is 0 Å². The lowest BCUT2D eigenvalue weighted by atomic mass is 10.3. The molecule has 0 unspecified atom stereocenters. The number of hydrogen-bond donors (Lipinski definition) is 2. The molecule has 0 radical (unpaired) electrons. The maximum Gasteiger partial charge on any atom is 0.225 e. The van der Waals surface area contributed by atoms with Gasteiger partial charge in [0.15, 0.2) is 0 Å². The molecule has 0 saturated heterocycles. The van der Waals surface area contributed by atoms with Gasteiger partial charge in [0.25, 0.3) is 0 Å². The van der Waals surface area contributed by atoms with Crippen molar-refractivity contribution in [1.82, 2.24) is 9.97 Å². The minimum Gasteiger partial charge on any atom is -0.357 e. The van der Waals surface area contributed by atoms with E-state index in [-0.39, 0.29) is 5.82 Å². The fourth-order valence-corrected chi connectivity index (χ4v) is 3.16. The van der Waals surface area contributed by atoms with Gasteiger partial charge in [-0.2, -0.15) is 4.98 Å². The van der Waals surface area contributed by atoms with Crippen molar-refractivity contribution in [1.29, 1.82) is 0 Å². The van der Waals surface area contributed by atoms with Crippen molar-refractivity contribution >= 4 is 61.6 Å².